The molecule has 10 heavy (non-hydrogen) atoms. The summed E-state index contributed by atoms with van der Waals surface area (Å²) in [7, 11) is 0. The summed E-state index contributed by atoms with van der Waals surface area (Å²) in [4.78, 5) is 0. The quantitative estimate of drug-likeness (QED) is 0.581. The molecule has 0 rings (SSSR count). The van der Waals surface area contributed by atoms with Crippen LogP contribution in [0.5, 0.6) is 0 Å². The average Bonchev–Trinajstić information content (AvgIpc) is 1.62. The molecule has 0 radical (unpaired) electrons. The van der Waals surface area contributed by atoms with Crippen LogP contribution in [-0.4, -0.2) is 12.2 Å². The topological polar surface area (TPSA) is 9.23 Å². The van der Waals surface area contributed by atoms with E-state index in [2.05, 4.69) is 13.8 Å². The number of ether oxygens (including phenoxy) is 1. The molecule has 1 nitrogen and oxygen atoms in total. The third-order valence-electron chi connectivity index (χ3n) is 0.544. The summed E-state index contributed by atoms with van der Waals surface area (Å²) in [5.41, 5.74) is 0. The normalized spacial score (nSPS) is 9.60. The number of hydrogen-bond donors (Lipinski definition) is 0. The molecule has 0 aromatic rings. The van der Waals surface area contributed by atoms with Crippen molar-refractivity contribution in [2.75, 3.05) is 0 Å². The van der Waals surface area contributed by atoms with Gasteiger partial charge in [-0.3, -0.25) is 0 Å². The second-order valence-corrected chi connectivity index (χ2v) is 2.94. The average molecular weight is 146 g/mol. The van der Waals surface area contributed by atoms with Crippen LogP contribution in [0.1, 0.15) is 48.0 Å². The lowest BCUT2D eigenvalue weighted by molar-refractivity contribution is 0.0300. The molecule has 0 unspecified atom stereocenters. The Kier molecular flexibility index (Phi) is 11.3. The van der Waals surface area contributed by atoms with Crippen LogP contribution < -0.4 is 0 Å². The predicted octanol–water partition coefficient (Wildman–Crippen LogP) is 3.24. The summed E-state index contributed by atoms with van der Waals surface area (Å²) >= 11 is 0. The molecule has 0 bridgehead atoms. The first kappa shape index (κ1) is 12.6. The Morgan fingerprint density at radius 1 is 0.900 bits per heavy atom. The Morgan fingerprint density at radius 2 is 1.10 bits per heavy atom. The highest BCUT2D eigenvalue weighted by Crippen LogP contribution is 1.93. The maximum absolute atomic E-state index is 5.25. The Morgan fingerprint density at radius 3 is 1.10 bits per heavy atom. The molecule has 0 aromatic carbocycles. The van der Waals surface area contributed by atoms with Crippen molar-refractivity contribution in [3.63, 3.8) is 0 Å². The summed E-state index contributed by atoms with van der Waals surface area (Å²) < 4.78 is 5.25. The van der Waals surface area contributed by atoms with Crippen molar-refractivity contribution in [1.82, 2.24) is 0 Å². The molecular weight excluding hydrogens is 124 g/mol. The first-order chi connectivity index (χ1) is 4.54. The molecule has 0 atom stereocenters. The molecule has 0 spiro atoms. The van der Waals surface area contributed by atoms with Gasteiger partial charge in [0.2, 0.25) is 0 Å². The van der Waals surface area contributed by atoms with Crippen molar-refractivity contribution in [3.8, 4) is 0 Å². The largest absolute Gasteiger partial charge is 0.376 e. The minimum absolute atomic E-state index is 0.375. The van der Waals surface area contributed by atoms with Gasteiger partial charge in [0.05, 0.1) is 12.2 Å². The van der Waals surface area contributed by atoms with E-state index in [1.807, 2.05) is 27.7 Å². The monoisotopic (exact) mass is 146 g/mol. The molecule has 1 heteroatoms. The zero-order chi connectivity index (χ0) is 8.57. The van der Waals surface area contributed by atoms with Gasteiger partial charge in [-0.05, 0) is 27.7 Å². The van der Waals surface area contributed by atoms with Gasteiger partial charge in [0, 0.05) is 0 Å². The molecule has 64 valence electrons. The highest BCUT2D eigenvalue weighted by molar-refractivity contribution is 4.40. The van der Waals surface area contributed by atoms with Gasteiger partial charge in [0.1, 0.15) is 0 Å². The maximum Gasteiger partial charge on any atom is 0.0522 e. The third kappa shape index (κ3) is 24.6. The van der Waals surface area contributed by atoms with E-state index in [1.54, 1.807) is 0 Å². The lowest BCUT2D eigenvalue weighted by Crippen LogP contribution is -2.09. The van der Waals surface area contributed by atoms with Crippen molar-refractivity contribution in [2.45, 2.75) is 60.2 Å². The van der Waals surface area contributed by atoms with Crippen molar-refractivity contribution in [3.05, 3.63) is 0 Å². The molecule has 0 aromatic heterocycles. The van der Waals surface area contributed by atoms with Gasteiger partial charge < -0.3 is 4.74 Å². The zero-order valence-electron chi connectivity index (χ0n) is 8.27. The van der Waals surface area contributed by atoms with E-state index in [4.69, 9.17) is 4.74 Å². The fourth-order valence-electron chi connectivity index (χ4n) is 0.544. The summed E-state index contributed by atoms with van der Waals surface area (Å²) in [6, 6.07) is 0. The Balaban J connectivity index is 0. The van der Waals surface area contributed by atoms with Gasteiger partial charge in [-0.2, -0.15) is 0 Å². The summed E-state index contributed by atoms with van der Waals surface area (Å²) in [6.45, 7) is 12.4. The zero-order valence-corrected chi connectivity index (χ0v) is 8.27. The molecule has 0 heterocycles. The van der Waals surface area contributed by atoms with Gasteiger partial charge in [0.25, 0.3) is 0 Å². The van der Waals surface area contributed by atoms with E-state index < -0.39 is 0 Å². The van der Waals surface area contributed by atoms with E-state index >= 15 is 0 Å². The van der Waals surface area contributed by atoms with Crippen molar-refractivity contribution < 1.29 is 4.74 Å². The second kappa shape index (κ2) is 8.96. The van der Waals surface area contributed by atoms with Gasteiger partial charge in [0.15, 0.2) is 0 Å². The van der Waals surface area contributed by atoms with E-state index in [9.17, 15) is 0 Å². The van der Waals surface area contributed by atoms with Gasteiger partial charge in [-0.15, -0.1) is 0 Å². The van der Waals surface area contributed by atoms with Crippen LogP contribution in [0.25, 0.3) is 0 Å². The van der Waals surface area contributed by atoms with Gasteiger partial charge >= 0.3 is 0 Å². The minimum Gasteiger partial charge on any atom is -0.376 e. The van der Waals surface area contributed by atoms with E-state index in [0.29, 0.717) is 12.2 Å². The van der Waals surface area contributed by atoms with Crippen molar-refractivity contribution >= 4 is 0 Å². The van der Waals surface area contributed by atoms with Crippen LogP contribution in [0.3, 0.4) is 0 Å². The molecule has 0 saturated carbocycles. The smallest absolute Gasteiger partial charge is 0.0522 e. The predicted molar refractivity (Wildman–Crippen MR) is 47.3 cm³/mol. The van der Waals surface area contributed by atoms with E-state index in [0.717, 1.165) is 0 Å². The molecule has 0 fully saturated rings. The molecule has 0 aliphatic carbocycles. The summed E-state index contributed by atoms with van der Waals surface area (Å²) in [5.74, 6) is 0. The summed E-state index contributed by atoms with van der Waals surface area (Å²) in [5, 5.41) is 0. The minimum atomic E-state index is 0.375. The van der Waals surface area contributed by atoms with Crippen molar-refractivity contribution in [1.29, 1.82) is 0 Å². The van der Waals surface area contributed by atoms with Crippen molar-refractivity contribution in [2.24, 2.45) is 0 Å². The van der Waals surface area contributed by atoms with E-state index in [-0.39, 0.29) is 0 Å². The maximum atomic E-state index is 5.25. The molecule has 0 N–H and O–H groups in total. The lowest BCUT2D eigenvalue weighted by Gasteiger charge is -2.09. The number of rotatable bonds is 2. The molecule has 0 amide bonds. The highest BCUT2D eigenvalue weighted by Gasteiger charge is 1.94. The Bertz CT molecular complexity index is 42.7. The number of hydrogen-bond acceptors (Lipinski definition) is 1. The fourth-order valence-corrected chi connectivity index (χ4v) is 0.544. The third-order valence-corrected chi connectivity index (χ3v) is 0.544. The molecule has 0 aliphatic heterocycles. The van der Waals surface area contributed by atoms with E-state index in [1.165, 1.54) is 6.42 Å². The van der Waals surface area contributed by atoms with Gasteiger partial charge in [-0.1, -0.05) is 20.3 Å². The van der Waals surface area contributed by atoms with Crippen LogP contribution in [0.15, 0.2) is 0 Å². The molecular formula is C9H22O. The first-order valence-electron chi connectivity index (χ1n) is 4.20. The van der Waals surface area contributed by atoms with Crippen LogP contribution >= 0.6 is 0 Å². The second-order valence-electron chi connectivity index (χ2n) is 2.94. The standard InChI is InChI=1S/C6H14O.C3H8/c1-5(2)7-6(3)4;1-3-2/h5-6H,1-4H3;3H2,1-2H3. The van der Waals surface area contributed by atoms with Crippen LogP contribution in [-0.2, 0) is 4.74 Å². The molecule has 0 aliphatic rings. The highest BCUT2D eigenvalue weighted by atomic mass is 16.5. The molecule has 0 saturated heterocycles. The Hall–Kier alpha value is -0.0400. The SMILES string of the molecule is CC(C)OC(C)C.CCC. The van der Waals surface area contributed by atoms with Crippen LogP contribution in [0, 0.1) is 0 Å². The fraction of sp³-hybridized carbons (Fsp3) is 1.00. The Labute approximate surface area is 65.8 Å². The van der Waals surface area contributed by atoms with Crippen LogP contribution in [0.4, 0.5) is 0 Å². The first-order valence-corrected chi connectivity index (χ1v) is 4.20. The lowest BCUT2D eigenvalue weighted by atomic mass is 10.4. The van der Waals surface area contributed by atoms with Crippen LogP contribution in [0.2, 0.25) is 0 Å². The van der Waals surface area contributed by atoms with Gasteiger partial charge in [-0.25, -0.2) is 0 Å². The summed E-state index contributed by atoms with van der Waals surface area (Å²) in [6.07, 6.45) is 2.00.